The molecule has 0 aliphatic carbocycles. The summed E-state index contributed by atoms with van der Waals surface area (Å²) in [5.41, 5.74) is 4.06. The molecule has 1 heterocycles. The number of pyridine rings is 1. The molecule has 1 aromatic carbocycles. The molecule has 0 saturated heterocycles. The molecule has 0 fully saturated rings. The molecule has 1 amide bonds. The number of aryl methyl sites for hydroxylation is 1. The number of aromatic hydroxyl groups is 1. The van der Waals surface area contributed by atoms with Gasteiger partial charge >= 0.3 is 0 Å². The number of halogens is 1. The fourth-order valence-corrected chi connectivity index (χ4v) is 1.91. The molecule has 1 aromatic heterocycles. The number of amides is 1. The molecule has 0 aliphatic heterocycles. The summed E-state index contributed by atoms with van der Waals surface area (Å²) in [4.78, 5) is 15.7. The Labute approximate surface area is 124 Å². The predicted molar refractivity (Wildman–Crippen MR) is 79.8 cm³/mol. The van der Waals surface area contributed by atoms with Crippen LogP contribution in [0.25, 0.3) is 0 Å². The van der Waals surface area contributed by atoms with Crippen LogP contribution in [0.5, 0.6) is 5.75 Å². The van der Waals surface area contributed by atoms with Crippen molar-refractivity contribution in [1.29, 1.82) is 0 Å². The first-order valence-corrected chi connectivity index (χ1v) is 6.60. The Morgan fingerprint density at radius 3 is 3.00 bits per heavy atom. The molecule has 0 saturated carbocycles. The van der Waals surface area contributed by atoms with E-state index in [-0.39, 0.29) is 11.7 Å². The van der Waals surface area contributed by atoms with E-state index < -0.39 is 0 Å². The van der Waals surface area contributed by atoms with Gasteiger partial charge < -0.3 is 5.11 Å². The second kappa shape index (κ2) is 6.29. The molecule has 0 spiro atoms. The molecule has 102 valence electrons. The Kier molecular flexibility index (Phi) is 4.47. The zero-order valence-corrected chi connectivity index (χ0v) is 12.3. The van der Waals surface area contributed by atoms with Crippen LogP contribution < -0.4 is 5.43 Å². The van der Waals surface area contributed by atoms with Crippen LogP contribution in [0.3, 0.4) is 0 Å². The lowest BCUT2D eigenvalue weighted by atomic mass is 10.1. The number of para-hydroxylation sites is 1. The highest BCUT2D eigenvalue weighted by molar-refractivity contribution is 9.10. The van der Waals surface area contributed by atoms with Gasteiger partial charge in [-0.25, -0.2) is 5.43 Å². The predicted octanol–water partition coefficient (Wildman–Crippen LogP) is 2.62. The minimum Gasteiger partial charge on any atom is -0.507 e. The molecular weight excluding hydrogens is 322 g/mol. The Balaban J connectivity index is 2.07. The number of carbonyl (C=O) groups excluding carboxylic acids is 1. The van der Waals surface area contributed by atoms with E-state index in [1.54, 1.807) is 37.4 Å². The molecule has 6 heteroatoms. The number of rotatable bonds is 3. The number of carbonyl (C=O) groups is 1. The molecule has 20 heavy (non-hydrogen) atoms. The maximum atomic E-state index is 11.8. The number of hydrogen-bond donors (Lipinski definition) is 2. The molecule has 0 bridgehead atoms. The summed E-state index contributed by atoms with van der Waals surface area (Å²) in [5.74, 6) is -0.225. The monoisotopic (exact) mass is 333 g/mol. The molecule has 2 aromatic rings. The maximum absolute atomic E-state index is 11.8. The van der Waals surface area contributed by atoms with Crippen molar-refractivity contribution in [2.75, 3.05) is 0 Å². The molecule has 0 radical (unpaired) electrons. The Bertz CT molecular complexity index is 671. The second-order valence-electron chi connectivity index (χ2n) is 4.10. The Morgan fingerprint density at radius 1 is 1.45 bits per heavy atom. The van der Waals surface area contributed by atoms with Crippen LogP contribution in [0.1, 0.15) is 21.5 Å². The van der Waals surface area contributed by atoms with Gasteiger partial charge in [0.25, 0.3) is 5.91 Å². The van der Waals surface area contributed by atoms with Crippen LogP contribution >= 0.6 is 15.9 Å². The standard InChI is InChI=1S/C14H12BrN3O2/c1-9-3-2-4-10(13(9)19)7-17-18-14(20)11-5-12(15)8-16-6-11/h2-8,19H,1H3,(H,18,20)/b17-7+. The number of hydrogen-bond acceptors (Lipinski definition) is 4. The number of benzene rings is 1. The quantitative estimate of drug-likeness (QED) is 0.669. The fraction of sp³-hybridized carbons (Fsp3) is 0.0714. The lowest BCUT2D eigenvalue weighted by Gasteiger charge is -2.02. The van der Waals surface area contributed by atoms with Crippen LogP contribution in [0, 0.1) is 6.92 Å². The molecule has 2 N–H and O–H groups in total. The van der Waals surface area contributed by atoms with E-state index >= 15 is 0 Å². The van der Waals surface area contributed by atoms with E-state index in [2.05, 4.69) is 31.4 Å². The van der Waals surface area contributed by atoms with Gasteiger partial charge in [-0.15, -0.1) is 0 Å². The Hall–Kier alpha value is -2.21. The highest BCUT2D eigenvalue weighted by Gasteiger charge is 2.05. The van der Waals surface area contributed by atoms with Crippen LogP contribution in [-0.4, -0.2) is 22.2 Å². The van der Waals surface area contributed by atoms with Crippen molar-refractivity contribution in [1.82, 2.24) is 10.4 Å². The Morgan fingerprint density at radius 2 is 2.25 bits per heavy atom. The molecule has 5 nitrogen and oxygen atoms in total. The number of nitrogens with one attached hydrogen (secondary N) is 1. The normalized spacial score (nSPS) is 10.7. The van der Waals surface area contributed by atoms with E-state index in [1.807, 2.05) is 0 Å². The van der Waals surface area contributed by atoms with Crippen LogP contribution in [0.4, 0.5) is 0 Å². The van der Waals surface area contributed by atoms with E-state index in [1.165, 1.54) is 12.4 Å². The summed E-state index contributed by atoms with van der Waals surface area (Å²) in [7, 11) is 0. The van der Waals surface area contributed by atoms with Gasteiger partial charge in [-0.2, -0.15) is 5.10 Å². The van der Waals surface area contributed by atoms with Gasteiger partial charge in [0.2, 0.25) is 0 Å². The van der Waals surface area contributed by atoms with Crippen molar-refractivity contribution < 1.29 is 9.90 Å². The molecule has 0 unspecified atom stereocenters. The topological polar surface area (TPSA) is 74.6 Å². The van der Waals surface area contributed by atoms with E-state index in [9.17, 15) is 9.90 Å². The smallest absolute Gasteiger partial charge is 0.272 e. The third-order valence-electron chi connectivity index (χ3n) is 2.61. The van der Waals surface area contributed by atoms with E-state index in [0.29, 0.717) is 15.6 Å². The lowest BCUT2D eigenvalue weighted by molar-refractivity contribution is 0.0954. The molecule has 2 rings (SSSR count). The van der Waals surface area contributed by atoms with Gasteiger partial charge in [0.1, 0.15) is 5.75 Å². The number of nitrogens with zero attached hydrogens (tertiary/aromatic N) is 2. The van der Waals surface area contributed by atoms with Crippen molar-refractivity contribution in [2.45, 2.75) is 6.92 Å². The van der Waals surface area contributed by atoms with Gasteiger partial charge in [-0.3, -0.25) is 9.78 Å². The largest absolute Gasteiger partial charge is 0.507 e. The fourth-order valence-electron chi connectivity index (χ4n) is 1.55. The zero-order chi connectivity index (χ0) is 14.5. The van der Waals surface area contributed by atoms with Gasteiger partial charge in [0.05, 0.1) is 11.8 Å². The van der Waals surface area contributed by atoms with Crippen molar-refractivity contribution >= 4 is 28.1 Å². The van der Waals surface area contributed by atoms with Crippen LogP contribution in [0.15, 0.2) is 46.2 Å². The SMILES string of the molecule is Cc1cccc(/C=N/NC(=O)c2cncc(Br)c2)c1O. The number of phenolic OH excluding ortho intramolecular Hbond substituents is 1. The minimum atomic E-state index is -0.373. The lowest BCUT2D eigenvalue weighted by Crippen LogP contribution is -2.17. The van der Waals surface area contributed by atoms with Crippen molar-refractivity contribution in [2.24, 2.45) is 5.10 Å². The summed E-state index contributed by atoms with van der Waals surface area (Å²) in [6.45, 7) is 1.79. The number of phenols is 1. The molecule has 0 aliphatic rings. The average molecular weight is 334 g/mol. The molecular formula is C14H12BrN3O2. The van der Waals surface area contributed by atoms with Crippen molar-refractivity contribution in [3.8, 4) is 5.75 Å². The number of hydrazone groups is 1. The summed E-state index contributed by atoms with van der Waals surface area (Å²) >= 11 is 3.24. The molecule has 0 atom stereocenters. The minimum absolute atomic E-state index is 0.148. The first-order chi connectivity index (χ1) is 9.58. The summed E-state index contributed by atoms with van der Waals surface area (Å²) in [6, 6.07) is 6.94. The zero-order valence-electron chi connectivity index (χ0n) is 10.7. The summed E-state index contributed by atoms with van der Waals surface area (Å²) in [5, 5.41) is 13.6. The third kappa shape index (κ3) is 3.42. The van der Waals surface area contributed by atoms with Crippen LogP contribution in [0.2, 0.25) is 0 Å². The second-order valence-corrected chi connectivity index (χ2v) is 5.02. The maximum Gasteiger partial charge on any atom is 0.272 e. The summed E-state index contributed by atoms with van der Waals surface area (Å²) < 4.78 is 0.713. The van der Waals surface area contributed by atoms with Gasteiger partial charge in [-0.1, -0.05) is 12.1 Å². The van der Waals surface area contributed by atoms with Crippen LogP contribution in [-0.2, 0) is 0 Å². The van der Waals surface area contributed by atoms with Crippen molar-refractivity contribution in [3.63, 3.8) is 0 Å². The van der Waals surface area contributed by atoms with Gasteiger partial charge in [-0.05, 0) is 40.5 Å². The van der Waals surface area contributed by atoms with Gasteiger partial charge in [0, 0.05) is 22.4 Å². The average Bonchev–Trinajstić information content (AvgIpc) is 2.43. The first-order valence-electron chi connectivity index (χ1n) is 5.80. The number of aromatic nitrogens is 1. The van der Waals surface area contributed by atoms with E-state index in [0.717, 1.165) is 5.56 Å². The van der Waals surface area contributed by atoms with E-state index in [4.69, 9.17) is 0 Å². The summed E-state index contributed by atoms with van der Waals surface area (Å²) in [6.07, 6.45) is 4.43. The first kappa shape index (κ1) is 14.2. The third-order valence-corrected chi connectivity index (χ3v) is 3.04. The highest BCUT2D eigenvalue weighted by Crippen LogP contribution is 2.19. The van der Waals surface area contributed by atoms with Gasteiger partial charge in [0.15, 0.2) is 0 Å². The van der Waals surface area contributed by atoms with Crippen molar-refractivity contribution in [3.05, 3.63) is 57.8 Å². The highest BCUT2D eigenvalue weighted by atomic mass is 79.9.